The highest BCUT2D eigenvalue weighted by atomic mass is 32.2. The van der Waals surface area contributed by atoms with Crippen LogP contribution in [0.1, 0.15) is 31.2 Å². The van der Waals surface area contributed by atoms with Crippen molar-refractivity contribution < 1.29 is 8.78 Å². The van der Waals surface area contributed by atoms with E-state index in [1.165, 1.54) is 0 Å². The molecule has 0 aromatic heterocycles. The standard InChI is InChI=1S/C14H19F2NS/c15-14(16)6-2-4-12(8-14)10-18-13-5-1-3-11(7-13)9-17/h1,3,5,7,12H,2,4,6,8-10,17H2. The number of halogens is 2. The molecule has 1 atom stereocenters. The summed E-state index contributed by atoms with van der Waals surface area (Å²) in [4.78, 5) is 1.13. The smallest absolute Gasteiger partial charge is 0.248 e. The number of hydrogen-bond acceptors (Lipinski definition) is 2. The number of nitrogens with two attached hydrogens (primary N) is 1. The van der Waals surface area contributed by atoms with E-state index >= 15 is 0 Å². The molecule has 4 heteroatoms. The van der Waals surface area contributed by atoms with E-state index in [1.54, 1.807) is 11.8 Å². The summed E-state index contributed by atoms with van der Waals surface area (Å²) in [6.07, 6.45) is 1.70. The Balaban J connectivity index is 1.87. The molecule has 0 heterocycles. The molecule has 0 aliphatic heterocycles. The predicted molar refractivity (Wildman–Crippen MR) is 72.0 cm³/mol. The molecule has 18 heavy (non-hydrogen) atoms. The Kier molecular flexibility index (Phi) is 4.62. The maximum Gasteiger partial charge on any atom is 0.248 e. The minimum Gasteiger partial charge on any atom is -0.326 e. The minimum atomic E-state index is -2.44. The summed E-state index contributed by atoms with van der Waals surface area (Å²) in [6.45, 7) is 0.524. The van der Waals surface area contributed by atoms with Gasteiger partial charge in [0.2, 0.25) is 5.92 Å². The van der Waals surface area contributed by atoms with Crippen molar-refractivity contribution in [2.24, 2.45) is 11.7 Å². The van der Waals surface area contributed by atoms with E-state index in [1.807, 2.05) is 24.3 Å². The van der Waals surface area contributed by atoms with Gasteiger partial charge >= 0.3 is 0 Å². The molecule has 0 saturated heterocycles. The molecular weight excluding hydrogens is 252 g/mol. The van der Waals surface area contributed by atoms with Crippen molar-refractivity contribution in [3.63, 3.8) is 0 Å². The molecule has 1 aliphatic carbocycles. The molecule has 1 saturated carbocycles. The second-order valence-corrected chi connectivity index (χ2v) is 6.07. The van der Waals surface area contributed by atoms with Gasteiger partial charge in [0, 0.05) is 30.0 Å². The van der Waals surface area contributed by atoms with Gasteiger partial charge in [-0.1, -0.05) is 12.1 Å². The van der Waals surface area contributed by atoms with E-state index in [4.69, 9.17) is 5.73 Å². The van der Waals surface area contributed by atoms with Crippen molar-refractivity contribution in [2.45, 2.75) is 43.0 Å². The quantitative estimate of drug-likeness (QED) is 0.836. The van der Waals surface area contributed by atoms with Gasteiger partial charge in [-0.15, -0.1) is 11.8 Å². The Labute approximate surface area is 111 Å². The van der Waals surface area contributed by atoms with Gasteiger partial charge in [-0.2, -0.15) is 0 Å². The van der Waals surface area contributed by atoms with Crippen LogP contribution in [0.5, 0.6) is 0 Å². The zero-order chi connectivity index (χ0) is 13.0. The Morgan fingerprint density at radius 2 is 2.22 bits per heavy atom. The lowest BCUT2D eigenvalue weighted by Gasteiger charge is -2.28. The SMILES string of the molecule is NCc1cccc(SCC2CCCC(F)(F)C2)c1. The molecule has 0 amide bonds. The van der Waals surface area contributed by atoms with Crippen molar-refractivity contribution in [1.82, 2.24) is 0 Å². The highest BCUT2D eigenvalue weighted by molar-refractivity contribution is 7.99. The van der Waals surface area contributed by atoms with Crippen molar-refractivity contribution in [3.05, 3.63) is 29.8 Å². The van der Waals surface area contributed by atoms with Crippen LogP contribution in [0.2, 0.25) is 0 Å². The second kappa shape index (κ2) is 6.02. The highest BCUT2D eigenvalue weighted by Gasteiger charge is 2.35. The number of alkyl halides is 2. The lowest BCUT2D eigenvalue weighted by Crippen LogP contribution is -2.27. The van der Waals surface area contributed by atoms with Gasteiger partial charge in [-0.3, -0.25) is 0 Å². The predicted octanol–water partition coefficient (Wildman–Crippen LogP) is 4.06. The normalized spacial score (nSPS) is 22.9. The van der Waals surface area contributed by atoms with Gasteiger partial charge in [0.15, 0.2) is 0 Å². The van der Waals surface area contributed by atoms with E-state index in [-0.39, 0.29) is 18.8 Å². The summed E-state index contributed by atoms with van der Waals surface area (Å²) in [5.41, 5.74) is 6.68. The van der Waals surface area contributed by atoms with Gasteiger partial charge in [0.05, 0.1) is 0 Å². The minimum absolute atomic E-state index is 0.0522. The molecule has 1 unspecified atom stereocenters. The zero-order valence-corrected chi connectivity index (χ0v) is 11.2. The average molecular weight is 271 g/mol. The number of rotatable bonds is 4. The first-order valence-electron chi connectivity index (χ1n) is 6.39. The maximum atomic E-state index is 13.3. The van der Waals surface area contributed by atoms with E-state index in [0.717, 1.165) is 22.6 Å². The molecule has 0 bridgehead atoms. The van der Waals surface area contributed by atoms with Crippen LogP contribution in [0.25, 0.3) is 0 Å². The molecule has 0 spiro atoms. The van der Waals surface area contributed by atoms with Gasteiger partial charge < -0.3 is 5.73 Å². The zero-order valence-electron chi connectivity index (χ0n) is 10.4. The van der Waals surface area contributed by atoms with Crippen molar-refractivity contribution in [3.8, 4) is 0 Å². The van der Waals surface area contributed by atoms with Gasteiger partial charge in [-0.05, 0) is 36.5 Å². The van der Waals surface area contributed by atoms with Crippen molar-refractivity contribution >= 4 is 11.8 Å². The molecule has 2 N–H and O–H groups in total. The molecular formula is C14H19F2NS. The van der Waals surface area contributed by atoms with Crippen molar-refractivity contribution in [1.29, 1.82) is 0 Å². The molecule has 1 aromatic carbocycles. The average Bonchev–Trinajstić information content (AvgIpc) is 2.35. The lowest BCUT2D eigenvalue weighted by atomic mass is 9.88. The summed E-state index contributed by atoms with van der Waals surface area (Å²) >= 11 is 1.67. The van der Waals surface area contributed by atoms with E-state index in [9.17, 15) is 8.78 Å². The third kappa shape index (κ3) is 3.95. The van der Waals surface area contributed by atoms with Crippen LogP contribution in [-0.2, 0) is 6.54 Å². The Morgan fingerprint density at radius 3 is 2.94 bits per heavy atom. The summed E-state index contributed by atoms with van der Waals surface area (Å²) in [6, 6.07) is 8.02. The van der Waals surface area contributed by atoms with Crippen LogP contribution in [-0.4, -0.2) is 11.7 Å². The number of hydrogen-bond donors (Lipinski definition) is 1. The number of benzene rings is 1. The molecule has 1 aliphatic rings. The fourth-order valence-corrected chi connectivity index (χ4v) is 3.52. The highest BCUT2D eigenvalue weighted by Crippen LogP contribution is 2.38. The first kappa shape index (κ1) is 13.8. The van der Waals surface area contributed by atoms with E-state index in [2.05, 4.69) is 0 Å². The molecule has 0 radical (unpaired) electrons. The maximum absolute atomic E-state index is 13.3. The molecule has 1 fully saturated rings. The van der Waals surface area contributed by atoms with E-state index in [0.29, 0.717) is 13.0 Å². The first-order chi connectivity index (χ1) is 8.59. The largest absolute Gasteiger partial charge is 0.326 e. The molecule has 2 rings (SSSR count). The van der Waals surface area contributed by atoms with Crippen LogP contribution in [0.4, 0.5) is 8.78 Å². The molecule has 100 valence electrons. The van der Waals surface area contributed by atoms with Crippen LogP contribution >= 0.6 is 11.8 Å². The van der Waals surface area contributed by atoms with Crippen LogP contribution in [0.15, 0.2) is 29.2 Å². The Hall–Kier alpha value is -0.610. The monoisotopic (exact) mass is 271 g/mol. The van der Waals surface area contributed by atoms with Crippen LogP contribution < -0.4 is 5.73 Å². The Bertz CT molecular complexity index is 395. The van der Waals surface area contributed by atoms with Crippen LogP contribution in [0, 0.1) is 5.92 Å². The molecule has 1 aromatic rings. The summed E-state index contributed by atoms with van der Waals surface area (Å²) in [5, 5.41) is 0. The van der Waals surface area contributed by atoms with Gasteiger partial charge in [0.1, 0.15) is 0 Å². The molecule has 1 nitrogen and oxygen atoms in total. The van der Waals surface area contributed by atoms with Crippen molar-refractivity contribution in [2.75, 3.05) is 5.75 Å². The summed E-state index contributed by atoms with van der Waals surface area (Å²) in [5.74, 6) is -1.52. The lowest BCUT2D eigenvalue weighted by molar-refractivity contribution is -0.0487. The van der Waals surface area contributed by atoms with Gasteiger partial charge in [-0.25, -0.2) is 8.78 Å². The third-order valence-corrected chi connectivity index (χ3v) is 4.59. The van der Waals surface area contributed by atoms with E-state index < -0.39 is 5.92 Å². The fraction of sp³-hybridized carbons (Fsp3) is 0.571. The van der Waals surface area contributed by atoms with Gasteiger partial charge in [0.25, 0.3) is 0 Å². The topological polar surface area (TPSA) is 26.0 Å². The Morgan fingerprint density at radius 1 is 1.39 bits per heavy atom. The number of thioether (sulfide) groups is 1. The fourth-order valence-electron chi connectivity index (χ4n) is 2.39. The first-order valence-corrected chi connectivity index (χ1v) is 7.37. The summed E-state index contributed by atoms with van der Waals surface area (Å²) < 4.78 is 26.5. The second-order valence-electron chi connectivity index (χ2n) is 4.98. The summed E-state index contributed by atoms with van der Waals surface area (Å²) in [7, 11) is 0. The van der Waals surface area contributed by atoms with Crippen LogP contribution in [0.3, 0.4) is 0 Å². The third-order valence-electron chi connectivity index (χ3n) is 3.36.